The van der Waals surface area contributed by atoms with E-state index in [9.17, 15) is 49.1 Å². The molecular formula is C22H14ClF9N4O2. The van der Waals surface area contributed by atoms with Gasteiger partial charge in [0.15, 0.2) is 5.69 Å². The van der Waals surface area contributed by atoms with Gasteiger partial charge in [0, 0.05) is 18.1 Å². The summed E-state index contributed by atoms with van der Waals surface area (Å²) in [6.45, 7) is 1.38. The number of anilines is 1. The van der Waals surface area contributed by atoms with E-state index >= 15 is 0 Å². The second-order valence-corrected chi connectivity index (χ2v) is 8.20. The molecule has 3 rings (SSSR count). The van der Waals surface area contributed by atoms with Crippen LogP contribution in [0.5, 0.6) is 0 Å². The summed E-state index contributed by atoms with van der Waals surface area (Å²) < 4.78 is 120. The van der Waals surface area contributed by atoms with Crippen molar-refractivity contribution in [3.8, 4) is 5.69 Å². The predicted molar refractivity (Wildman–Crippen MR) is 116 cm³/mol. The maximum atomic E-state index is 13.4. The number of benzene rings is 2. The summed E-state index contributed by atoms with van der Waals surface area (Å²) in [5, 5.41) is 7.56. The van der Waals surface area contributed by atoms with Crippen molar-refractivity contribution in [2.24, 2.45) is 0 Å². The molecule has 38 heavy (non-hydrogen) atoms. The van der Waals surface area contributed by atoms with Crippen LogP contribution in [0, 0.1) is 6.92 Å². The molecule has 2 amide bonds. The molecule has 16 heteroatoms. The lowest BCUT2D eigenvalue weighted by Crippen LogP contribution is -2.23. The van der Waals surface area contributed by atoms with Crippen LogP contribution >= 0.6 is 11.6 Å². The monoisotopic (exact) mass is 572 g/mol. The van der Waals surface area contributed by atoms with Gasteiger partial charge >= 0.3 is 18.5 Å². The number of carbonyl (C=O) groups is 2. The van der Waals surface area contributed by atoms with Gasteiger partial charge in [0.1, 0.15) is 5.69 Å². The highest BCUT2D eigenvalue weighted by atomic mass is 35.5. The lowest BCUT2D eigenvalue weighted by Gasteiger charge is -2.16. The molecule has 2 N–H and O–H groups in total. The Labute approximate surface area is 212 Å². The Morgan fingerprint density at radius 2 is 1.37 bits per heavy atom. The fraction of sp³-hybridized carbons (Fsp3) is 0.227. The molecule has 0 fully saturated rings. The van der Waals surface area contributed by atoms with E-state index in [-0.39, 0.29) is 50.8 Å². The molecule has 0 saturated heterocycles. The zero-order valence-corrected chi connectivity index (χ0v) is 19.7. The summed E-state index contributed by atoms with van der Waals surface area (Å²) in [6.07, 6.45) is -15.9. The smallest absolute Gasteiger partial charge is 0.355 e. The Kier molecular flexibility index (Phi) is 7.47. The standard InChI is InChI=1S/C22H14ClF9N4O2/c1-9-3-12(23)7-14(18(37)33-2)17(9)34-19(38)15-8-16(22(30,31)32)35-36(15)13-5-10(20(24,25)26)4-11(6-13)21(27,28)29/h3-8H,1-2H3,(H,33,37)(H,34,38). The van der Waals surface area contributed by atoms with Crippen molar-refractivity contribution >= 4 is 29.1 Å². The minimum absolute atomic E-state index is 0.00739. The number of carbonyl (C=O) groups excluding carboxylic acids is 2. The van der Waals surface area contributed by atoms with E-state index in [4.69, 9.17) is 11.6 Å². The van der Waals surface area contributed by atoms with Crippen LogP contribution in [0.2, 0.25) is 5.02 Å². The SMILES string of the molecule is CNC(=O)c1cc(Cl)cc(C)c1NC(=O)c1cc(C(F)(F)F)nn1-c1cc(C(F)(F)F)cc(C(F)(F)F)c1. The zero-order chi connectivity index (χ0) is 28.8. The van der Waals surface area contributed by atoms with Gasteiger partial charge < -0.3 is 10.6 Å². The molecule has 0 bridgehead atoms. The van der Waals surface area contributed by atoms with E-state index in [2.05, 4.69) is 15.7 Å². The zero-order valence-electron chi connectivity index (χ0n) is 19.0. The molecule has 6 nitrogen and oxygen atoms in total. The summed E-state index contributed by atoms with van der Waals surface area (Å²) in [4.78, 5) is 25.3. The molecule has 3 aromatic rings. The number of nitrogens with one attached hydrogen (secondary N) is 2. The summed E-state index contributed by atoms with van der Waals surface area (Å²) >= 11 is 5.92. The number of aryl methyl sites for hydroxylation is 1. The van der Waals surface area contributed by atoms with Gasteiger partial charge in [-0.05, 0) is 42.8 Å². The van der Waals surface area contributed by atoms with E-state index in [1.54, 1.807) is 0 Å². The third-order valence-electron chi connectivity index (χ3n) is 5.06. The Hall–Kier alpha value is -3.75. The number of amides is 2. The highest BCUT2D eigenvalue weighted by Gasteiger charge is 2.39. The van der Waals surface area contributed by atoms with Gasteiger partial charge in [0.05, 0.1) is 28.1 Å². The van der Waals surface area contributed by atoms with Crippen LogP contribution in [0.1, 0.15) is 43.2 Å². The maximum Gasteiger partial charge on any atom is 0.435 e. The van der Waals surface area contributed by atoms with E-state index in [0.29, 0.717) is 0 Å². The van der Waals surface area contributed by atoms with Crippen molar-refractivity contribution < 1.29 is 49.1 Å². The van der Waals surface area contributed by atoms with E-state index < -0.39 is 58.5 Å². The Bertz CT molecular complexity index is 1380. The van der Waals surface area contributed by atoms with Crippen LogP contribution in [-0.2, 0) is 18.5 Å². The summed E-state index contributed by atoms with van der Waals surface area (Å²) in [5.41, 5.74) is -7.90. The second kappa shape index (κ2) is 9.85. The Balaban J connectivity index is 2.24. The number of nitrogens with zero attached hydrogens (tertiary/aromatic N) is 2. The quantitative estimate of drug-likeness (QED) is 0.350. The first-order valence-corrected chi connectivity index (χ1v) is 10.5. The Morgan fingerprint density at radius 3 is 1.84 bits per heavy atom. The van der Waals surface area contributed by atoms with Crippen molar-refractivity contribution in [2.45, 2.75) is 25.5 Å². The van der Waals surface area contributed by atoms with Crippen LogP contribution in [0.4, 0.5) is 45.2 Å². The van der Waals surface area contributed by atoms with Crippen molar-refractivity contribution in [1.82, 2.24) is 15.1 Å². The number of rotatable bonds is 4. The third-order valence-corrected chi connectivity index (χ3v) is 5.28. The largest absolute Gasteiger partial charge is 0.435 e. The normalized spacial score (nSPS) is 12.4. The van der Waals surface area contributed by atoms with Gasteiger partial charge in [-0.15, -0.1) is 0 Å². The average molecular weight is 573 g/mol. The number of hydrogen-bond acceptors (Lipinski definition) is 3. The molecule has 0 aliphatic carbocycles. The molecule has 1 heterocycles. The van der Waals surface area contributed by atoms with Gasteiger partial charge in [-0.1, -0.05) is 11.6 Å². The fourth-order valence-corrected chi connectivity index (χ4v) is 3.61. The average Bonchev–Trinajstić information content (AvgIpc) is 3.25. The first-order valence-electron chi connectivity index (χ1n) is 10.1. The molecule has 0 aliphatic heterocycles. The number of aromatic nitrogens is 2. The molecule has 0 atom stereocenters. The first-order chi connectivity index (χ1) is 17.3. The highest BCUT2D eigenvalue weighted by molar-refractivity contribution is 6.31. The molecule has 2 aromatic carbocycles. The van der Waals surface area contributed by atoms with Crippen molar-refractivity contribution in [3.63, 3.8) is 0 Å². The van der Waals surface area contributed by atoms with Crippen LogP contribution in [0.25, 0.3) is 5.69 Å². The lowest BCUT2D eigenvalue weighted by atomic mass is 10.1. The molecule has 0 saturated carbocycles. The van der Waals surface area contributed by atoms with Crippen LogP contribution in [0.15, 0.2) is 36.4 Å². The minimum Gasteiger partial charge on any atom is -0.355 e. The van der Waals surface area contributed by atoms with Gasteiger partial charge in [-0.2, -0.15) is 44.6 Å². The predicted octanol–water partition coefficient (Wildman–Crippen LogP) is 6.50. The number of hydrogen-bond donors (Lipinski definition) is 2. The van der Waals surface area contributed by atoms with Crippen LogP contribution in [0.3, 0.4) is 0 Å². The molecule has 204 valence electrons. The molecule has 0 aliphatic rings. The van der Waals surface area contributed by atoms with Gasteiger partial charge in [-0.3, -0.25) is 9.59 Å². The van der Waals surface area contributed by atoms with Gasteiger partial charge in [-0.25, -0.2) is 4.68 Å². The fourth-order valence-electron chi connectivity index (χ4n) is 3.34. The lowest BCUT2D eigenvalue weighted by molar-refractivity contribution is -0.143. The van der Waals surface area contributed by atoms with Gasteiger partial charge in [0.2, 0.25) is 0 Å². The molecule has 0 unspecified atom stereocenters. The topological polar surface area (TPSA) is 76.0 Å². The van der Waals surface area contributed by atoms with E-state index in [1.807, 2.05) is 0 Å². The van der Waals surface area contributed by atoms with Crippen molar-refractivity contribution in [2.75, 3.05) is 12.4 Å². The second-order valence-electron chi connectivity index (χ2n) is 7.77. The van der Waals surface area contributed by atoms with Crippen molar-refractivity contribution in [1.29, 1.82) is 0 Å². The summed E-state index contributed by atoms with van der Waals surface area (Å²) in [6, 6.07) is 2.57. The number of halogens is 10. The van der Waals surface area contributed by atoms with Crippen LogP contribution in [-0.4, -0.2) is 28.6 Å². The maximum absolute atomic E-state index is 13.4. The van der Waals surface area contributed by atoms with E-state index in [0.717, 1.165) is 6.07 Å². The van der Waals surface area contributed by atoms with Gasteiger partial charge in [0.25, 0.3) is 11.8 Å². The molecule has 1 aromatic heterocycles. The third kappa shape index (κ3) is 6.03. The molecule has 0 radical (unpaired) electrons. The van der Waals surface area contributed by atoms with E-state index in [1.165, 1.54) is 20.0 Å². The number of alkyl halides is 9. The summed E-state index contributed by atoms with van der Waals surface area (Å²) in [7, 11) is 1.24. The van der Waals surface area contributed by atoms with Crippen molar-refractivity contribution in [3.05, 3.63) is 75.1 Å². The molecular weight excluding hydrogens is 559 g/mol. The van der Waals surface area contributed by atoms with Crippen LogP contribution < -0.4 is 10.6 Å². The molecule has 0 spiro atoms. The Morgan fingerprint density at radius 1 is 0.816 bits per heavy atom. The summed E-state index contributed by atoms with van der Waals surface area (Å²) in [5.74, 6) is -2.18. The highest BCUT2D eigenvalue weighted by Crippen LogP contribution is 2.38. The first kappa shape index (κ1) is 28.8. The minimum atomic E-state index is -5.32.